The summed E-state index contributed by atoms with van der Waals surface area (Å²) in [6.45, 7) is 3.30. The molecule has 28 heavy (non-hydrogen) atoms. The number of aryl methyl sites for hydroxylation is 1. The summed E-state index contributed by atoms with van der Waals surface area (Å²) in [6.07, 6.45) is 1.56. The fourth-order valence-electron chi connectivity index (χ4n) is 3.12. The van der Waals surface area contributed by atoms with Gasteiger partial charge in [-0.1, -0.05) is 11.6 Å². The van der Waals surface area contributed by atoms with Crippen LogP contribution in [0.25, 0.3) is 11.0 Å². The Kier molecular flexibility index (Phi) is 5.37. The lowest BCUT2D eigenvalue weighted by molar-refractivity contribution is 0.0773. The van der Waals surface area contributed by atoms with Crippen molar-refractivity contribution >= 4 is 51.7 Å². The minimum absolute atomic E-state index is 0.0123. The average Bonchev–Trinajstić information content (AvgIpc) is 2.71. The third-order valence-electron chi connectivity index (χ3n) is 4.59. The number of aromatic nitrogens is 2. The summed E-state index contributed by atoms with van der Waals surface area (Å²) in [7, 11) is 0. The van der Waals surface area contributed by atoms with Crippen molar-refractivity contribution in [1.82, 2.24) is 14.9 Å². The van der Waals surface area contributed by atoms with Crippen LogP contribution in [0.3, 0.4) is 0 Å². The van der Waals surface area contributed by atoms with Crippen molar-refractivity contribution in [2.45, 2.75) is 6.92 Å². The smallest absolute Gasteiger partial charge is 0.257 e. The van der Waals surface area contributed by atoms with Crippen molar-refractivity contribution in [2.75, 3.05) is 29.9 Å². The number of pyridine rings is 2. The number of fused-ring (bicyclic) bond motifs is 1. The normalized spacial score (nSPS) is 14.3. The number of carbonyl (C=O) groups excluding carboxylic acids is 1. The second kappa shape index (κ2) is 7.93. The van der Waals surface area contributed by atoms with Gasteiger partial charge in [-0.15, -0.1) is 0 Å². The third kappa shape index (κ3) is 3.77. The third-order valence-corrected chi connectivity index (χ3v) is 5.82. The zero-order valence-corrected chi connectivity index (χ0v) is 16.8. The van der Waals surface area contributed by atoms with E-state index in [1.165, 1.54) is 12.1 Å². The maximum Gasteiger partial charge on any atom is 0.257 e. The summed E-state index contributed by atoms with van der Waals surface area (Å²) in [5.41, 5.74) is 3.03. The highest BCUT2D eigenvalue weighted by Gasteiger charge is 2.23. The van der Waals surface area contributed by atoms with Crippen molar-refractivity contribution in [1.29, 1.82) is 0 Å². The molecule has 0 aliphatic carbocycles. The molecule has 0 saturated carbocycles. The Bertz CT molecular complexity index is 1060. The molecule has 1 N–H and O–H groups in total. The molecule has 1 amide bonds. The molecule has 8 heteroatoms. The Morgan fingerprint density at radius 1 is 1.25 bits per heavy atom. The van der Waals surface area contributed by atoms with Gasteiger partial charge in [0.15, 0.2) is 5.65 Å². The monoisotopic (exact) mass is 416 g/mol. The van der Waals surface area contributed by atoms with E-state index < -0.39 is 5.82 Å². The number of rotatable bonds is 3. The number of anilines is 2. The molecular formula is C20H18ClFN4OS. The van der Waals surface area contributed by atoms with Crippen LogP contribution in [-0.2, 0) is 0 Å². The van der Waals surface area contributed by atoms with Crippen LogP contribution in [-0.4, -0.2) is 45.4 Å². The van der Waals surface area contributed by atoms with Crippen LogP contribution in [0, 0.1) is 12.7 Å². The number of hydrogen-bond acceptors (Lipinski definition) is 5. The first-order valence-electron chi connectivity index (χ1n) is 8.88. The summed E-state index contributed by atoms with van der Waals surface area (Å²) in [5.74, 6) is 1.27. The Morgan fingerprint density at radius 3 is 2.79 bits per heavy atom. The molecule has 1 fully saturated rings. The van der Waals surface area contributed by atoms with E-state index in [1.807, 2.05) is 35.7 Å². The van der Waals surface area contributed by atoms with Crippen molar-refractivity contribution < 1.29 is 9.18 Å². The molecule has 3 heterocycles. The molecule has 0 radical (unpaired) electrons. The molecule has 1 aliphatic heterocycles. The first-order chi connectivity index (χ1) is 13.5. The molecule has 0 atom stereocenters. The first kappa shape index (κ1) is 19.0. The number of nitrogens with zero attached hydrogens (tertiary/aromatic N) is 3. The topological polar surface area (TPSA) is 58.1 Å². The highest BCUT2D eigenvalue weighted by atomic mass is 35.5. The summed E-state index contributed by atoms with van der Waals surface area (Å²) in [4.78, 5) is 23.9. The van der Waals surface area contributed by atoms with Gasteiger partial charge in [-0.3, -0.25) is 4.79 Å². The van der Waals surface area contributed by atoms with E-state index >= 15 is 0 Å². The van der Waals surface area contributed by atoms with Crippen molar-refractivity contribution in [3.63, 3.8) is 0 Å². The fraction of sp³-hybridized carbons (Fsp3) is 0.250. The summed E-state index contributed by atoms with van der Waals surface area (Å²) in [6, 6.07) is 8.14. The molecule has 1 saturated heterocycles. The Morgan fingerprint density at radius 2 is 2.04 bits per heavy atom. The van der Waals surface area contributed by atoms with Gasteiger partial charge in [0, 0.05) is 47.6 Å². The predicted octanol–water partition coefficient (Wildman–Crippen LogP) is 4.66. The standard InChI is InChI=1S/C20H18ClFN4OS/c1-12-2-4-14-18(25-13-3-5-17(22)16(21)10-13)15(11-23-19(14)24-12)20(27)26-6-8-28-9-7-26/h2-5,10-11H,6-9H2,1H3,(H,23,24,25). The lowest BCUT2D eigenvalue weighted by Crippen LogP contribution is -2.38. The van der Waals surface area contributed by atoms with Gasteiger partial charge in [0.05, 0.1) is 16.3 Å². The molecule has 2 aromatic heterocycles. The van der Waals surface area contributed by atoms with Gasteiger partial charge in [-0.2, -0.15) is 11.8 Å². The molecule has 0 bridgehead atoms. The van der Waals surface area contributed by atoms with E-state index in [4.69, 9.17) is 11.6 Å². The lowest BCUT2D eigenvalue weighted by Gasteiger charge is -2.27. The molecule has 5 nitrogen and oxygen atoms in total. The minimum atomic E-state index is -0.494. The quantitative estimate of drug-likeness (QED) is 0.672. The fourth-order valence-corrected chi connectivity index (χ4v) is 4.21. The highest BCUT2D eigenvalue weighted by molar-refractivity contribution is 7.99. The number of thioether (sulfide) groups is 1. The van der Waals surface area contributed by atoms with E-state index in [1.54, 1.807) is 12.3 Å². The van der Waals surface area contributed by atoms with Gasteiger partial charge in [-0.05, 0) is 37.3 Å². The minimum Gasteiger partial charge on any atom is -0.354 e. The second-order valence-electron chi connectivity index (χ2n) is 6.53. The maximum atomic E-state index is 13.5. The van der Waals surface area contributed by atoms with E-state index in [9.17, 15) is 9.18 Å². The second-order valence-corrected chi connectivity index (χ2v) is 8.16. The van der Waals surface area contributed by atoms with Crippen LogP contribution in [0.4, 0.5) is 15.8 Å². The zero-order valence-electron chi connectivity index (χ0n) is 15.2. The average molecular weight is 417 g/mol. The van der Waals surface area contributed by atoms with E-state index in [0.29, 0.717) is 35.7 Å². The zero-order chi connectivity index (χ0) is 19.7. The molecule has 3 aromatic rings. The van der Waals surface area contributed by atoms with Gasteiger partial charge in [0.25, 0.3) is 5.91 Å². The van der Waals surface area contributed by atoms with Gasteiger partial charge in [0.2, 0.25) is 0 Å². The Balaban J connectivity index is 1.81. The van der Waals surface area contributed by atoms with Gasteiger partial charge >= 0.3 is 0 Å². The largest absolute Gasteiger partial charge is 0.354 e. The lowest BCUT2D eigenvalue weighted by atomic mass is 10.1. The van der Waals surface area contributed by atoms with Crippen molar-refractivity contribution in [3.8, 4) is 0 Å². The van der Waals surface area contributed by atoms with E-state index in [-0.39, 0.29) is 10.9 Å². The summed E-state index contributed by atoms with van der Waals surface area (Å²) >= 11 is 7.77. The number of carbonyl (C=O) groups is 1. The number of halogens is 2. The van der Waals surface area contributed by atoms with Gasteiger partial charge < -0.3 is 10.2 Å². The van der Waals surface area contributed by atoms with Gasteiger partial charge in [0.1, 0.15) is 5.82 Å². The van der Waals surface area contributed by atoms with Crippen LogP contribution in [0.2, 0.25) is 5.02 Å². The predicted molar refractivity (Wildman–Crippen MR) is 112 cm³/mol. The molecule has 0 spiro atoms. The molecule has 1 aliphatic rings. The van der Waals surface area contributed by atoms with Crippen molar-refractivity contribution in [2.24, 2.45) is 0 Å². The number of hydrogen-bond donors (Lipinski definition) is 1. The molecule has 144 valence electrons. The van der Waals surface area contributed by atoms with Gasteiger partial charge in [-0.25, -0.2) is 14.4 Å². The van der Waals surface area contributed by atoms with Crippen LogP contribution in [0.1, 0.15) is 16.1 Å². The number of nitrogens with one attached hydrogen (secondary N) is 1. The Hall–Kier alpha value is -2.38. The summed E-state index contributed by atoms with van der Waals surface area (Å²) < 4.78 is 13.5. The molecule has 4 rings (SSSR count). The molecule has 1 aromatic carbocycles. The van der Waals surface area contributed by atoms with E-state index in [0.717, 1.165) is 22.6 Å². The molecular weight excluding hydrogens is 399 g/mol. The first-order valence-corrected chi connectivity index (χ1v) is 10.4. The van der Waals surface area contributed by atoms with Crippen molar-refractivity contribution in [3.05, 3.63) is 58.6 Å². The molecule has 0 unspecified atom stereocenters. The maximum absolute atomic E-state index is 13.5. The number of amides is 1. The van der Waals surface area contributed by atoms with Crippen LogP contribution in [0.5, 0.6) is 0 Å². The Labute approximate surface area is 171 Å². The highest BCUT2D eigenvalue weighted by Crippen LogP contribution is 2.31. The van der Waals surface area contributed by atoms with Crippen LogP contribution in [0.15, 0.2) is 36.5 Å². The van der Waals surface area contributed by atoms with Crippen LogP contribution < -0.4 is 5.32 Å². The number of benzene rings is 1. The summed E-state index contributed by atoms with van der Waals surface area (Å²) in [5, 5.41) is 3.98. The van der Waals surface area contributed by atoms with E-state index in [2.05, 4.69) is 15.3 Å². The van der Waals surface area contributed by atoms with Crippen LogP contribution >= 0.6 is 23.4 Å². The SMILES string of the molecule is Cc1ccc2c(Nc3ccc(F)c(Cl)c3)c(C(=O)N3CCSCC3)cnc2n1.